The van der Waals surface area contributed by atoms with E-state index in [1.165, 1.54) is 7.11 Å². The van der Waals surface area contributed by atoms with E-state index in [2.05, 4.69) is 25.9 Å². The van der Waals surface area contributed by atoms with Crippen molar-refractivity contribution in [2.45, 2.75) is 30.3 Å². The molecule has 0 aromatic heterocycles. The molecule has 0 radical (unpaired) electrons. The Bertz CT molecular complexity index is 642. The maximum atomic E-state index is 14.5. The van der Waals surface area contributed by atoms with E-state index in [1.54, 1.807) is 0 Å². The van der Waals surface area contributed by atoms with Gasteiger partial charge < -0.3 is 14.3 Å². The highest BCUT2D eigenvalue weighted by molar-refractivity contribution is 9.09. The van der Waals surface area contributed by atoms with Gasteiger partial charge in [0.15, 0.2) is 6.17 Å². The van der Waals surface area contributed by atoms with Gasteiger partial charge >= 0.3 is 0 Å². The van der Waals surface area contributed by atoms with E-state index < -0.39 is 12.3 Å². The molecule has 0 saturated carbocycles. The average molecular weight is 424 g/mol. The maximum Gasteiger partial charge on any atom is 0.166 e. The summed E-state index contributed by atoms with van der Waals surface area (Å²) >= 11 is 3.49. The van der Waals surface area contributed by atoms with E-state index in [0.29, 0.717) is 19.8 Å². The number of hydrogen-bond donors (Lipinski definition) is 0. The quantitative estimate of drug-likeness (QED) is 0.303. The predicted octanol–water partition coefficient (Wildman–Crippen LogP) is 4.52. The highest BCUT2D eigenvalue weighted by Gasteiger charge is 2.28. The molecule has 0 spiro atoms. The lowest BCUT2D eigenvalue weighted by atomic mass is 10.1. The number of benzene rings is 2. The van der Waals surface area contributed by atoms with Crippen molar-refractivity contribution in [2.75, 3.05) is 13.7 Å². The van der Waals surface area contributed by atoms with Crippen LogP contribution in [0.2, 0.25) is 0 Å². The molecular weight excluding hydrogens is 401 g/mol. The first kappa shape index (κ1) is 20.6. The highest BCUT2D eigenvalue weighted by atomic mass is 79.9. The van der Waals surface area contributed by atoms with E-state index in [4.69, 9.17) is 9.47 Å². The molecule has 3 atom stereocenters. The van der Waals surface area contributed by atoms with Gasteiger partial charge in [-0.1, -0.05) is 81.7 Å². The van der Waals surface area contributed by atoms with Crippen LogP contribution >= 0.6 is 15.9 Å². The SMILES string of the molecule is CON=C[C@@H](F)[C@H](OCc1ccccc1)[C@@H](Br)COCc1ccccc1. The number of rotatable bonds is 11. The van der Waals surface area contributed by atoms with Crippen LogP contribution in [0.1, 0.15) is 11.1 Å². The van der Waals surface area contributed by atoms with Crippen LogP contribution in [0.25, 0.3) is 0 Å². The maximum absolute atomic E-state index is 14.5. The van der Waals surface area contributed by atoms with Crippen molar-refractivity contribution < 1.29 is 18.7 Å². The van der Waals surface area contributed by atoms with Gasteiger partial charge in [-0.15, -0.1) is 0 Å². The molecule has 0 bridgehead atoms. The van der Waals surface area contributed by atoms with Crippen molar-refractivity contribution in [2.24, 2.45) is 5.16 Å². The van der Waals surface area contributed by atoms with Gasteiger partial charge in [-0.2, -0.15) is 0 Å². The zero-order valence-corrected chi connectivity index (χ0v) is 16.2. The molecule has 140 valence electrons. The fourth-order valence-electron chi connectivity index (χ4n) is 2.32. The Balaban J connectivity index is 1.91. The molecule has 0 unspecified atom stereocenters. The Labute approximate surface area is 162 Å². The third-order valence-electron chi connectivity index (χ3n) is 3.65. The van der Waals surface area contributed by atoms with Gasteiger partial charge in [0.05, 0.1) is 30.9 Å². The minimum atomic E-state index is -1.43. The molecule has 0 fully saturated rings. The molecule has 2 rings (SSSR count). The summed E-state index contributed by atoms with van der Waals surface area (Å²) in [6, 6.07) is 19.5. The molecule has 0 aliphatic rings. The van der Waals surface area contributed by atoms with E-state index in [9.17, 15) is 4.39 Å². The Morgan fingerprint density at radius 3 is 2.15 bits per heavy atom. The molecule has 4 nitrogen and oxygen atoms in total. The number of oxime groups is 1. The Morgan fingerprint density at radius 2 is 1.58 bits per heavy atom. The average Bonchev–Trinajstić information content (AvgIpc) is 2.68. The first-order chi connectivity index (χ1) is 12.7. The van der Waals surface area contributed by atoms with Gasteiger partial charge in [0, 0.05) is 0 Å². The van der Waals surface area contributed by atoms with Crippen LogP contribution in [0.3, 0.4) is 0 Å². The van der Waals surface area contributed by atoms with Crippen molar-refractivity contribution >= 4 is 22.1 Å². The lowest BCUT2D eigenvalue weighted by Gasteiger charge is -2.24. The molecule has 0 aliphatic carbocycles. The van der Waals surface area contributed by atoms with E-state index in [1.807, 2.05) is 60.7 Å². The van der Waals surface area contributed by atoms with Crippen LogP contribution in [-0.2, 0) is 27.5 Å². The van der Waals surface area contributed by atoms with Crippen LogP contribution in [0.15, 0.2) is 65.8 Å². The third kappa shape index (κ3) is 7.23. The van der Waals surface area contributed by atoms with Crippen LogP contribution < -0.4 is 0 Å². The molecular formula is C20H23BrFNO3. The second-order valence-corrected chi connectivity index (χ2v) is 6.84. The van der Waals surface area contributed by atoms with Crippen molar-refractivity contribution in [3.8, 4) is 0 Å². The first-order valence-corrected chi connectivity index (χ1v) is 9.24. The predicted molar refractivity (Wildman–Crippen MR) is 104 cm³/mol. The molecule has 0 amide bonds. The molecule has 26 heavy (non-hydrogen) atoms. The highest BCUT2D eigenvalue weighted by Crippen LogP contribution is 2.19. The molecule has 0 N–H and O–H groups in total. The van der Waals surface area contributed by atoms with Gasteiger partial charge in [-0.3, -0.25) is 0 Å². The number of hydrogen-bond acceptors (Lipinski definition) is 4. The van der Waals surface area contributed by atoms with Crippen LogP contribution in [0.4, 0.5) is 4.39 Å². The van der Waals surface area contributed by atoms with E-state index in [-0.39, 0.29) is 4.83 Å². The normalized spacial score (nSPS) is 14.9. The second-order valence-electron chi connectivity index (χ2n) is 5.66. The summed E-state index contributed by atoms with van der Waals surface area (Å²) in [6.45, 7) is 1.06. The minimum absolute atomic E-state index is 0.299. The second kappa shape index (κ2) is 11.8. The van der Waals surface area contributed by atoms with E-state index in [0.717, 1.165) is 17.3 Å². The lowest BCUT2D eigenvalue weighted by molar-refractivity contribution is -0.0104. The minimum Gasteiger partial charge on any atom is -0.399 e. The van der Waals surface area contributed by atoms with Crippen molar-refractivity contribution in [3.05, 3.63) is 71.8 Å². The van der Waals surface area contributed by atoms with Gasteiger partial charge in [-0.25, -0.2) is 4.39 Å². The molecule has 0 heterocycles. The number of ether oxygens (including phenoxy) is 2. The Hall–Kier alpha value is -1.76. The number of halogens is 2. The fourth-order valence-corrected chi connectivity index (χ4v) is 2.96. The Morgan fingerprint density at radius 1 is 1.00 bits per heavy atom. The summed E-state index contributed by atoms with van der Waals surface area (Å²) in [5.74, 6) is 0. The number of nitrogens with zero attached hydrogens (tertiary/aromatic N) is 1. The summed E-state index contributed by atoms with van der Waals surface area (Å²) in [7, 11) is 1.37. The number of alkyl halides is 2. The standard InChI is InChI=1S/C20H23BrFNO3/c1-24-23-12-19(22)20(26-14-17-10-6-3-7-11-17)18(21)15-25-13-16-8-4-2-5-9-16/h2-12,18-20H,13-15H2,1H3/t18-,19+,20+/m0/s1. The zero-order valence-electron chi connectivity index (χ0n) is 14.6. The van der Waals surface area contributed by atoms with Gasteiger partial charge in [0.2, 0.25) is 0 Å². The van der Waals surface area contributed by atoms with Crippen molar-refractivity contribution in [1.29, 1.82) is 0 Å². The molecule has 6 heteroatoms. The zero-order chi connectivity index (χ0) is 18.6. The third-order valence-corrected chi connectivity index (χ3v) is 4.44. The van der Waals surface area contributed by atoms with Crippen LogP contribution in [0.5, 0.6) is 0 Å². The first-order valence-electron chi connectivity index (χ1n) is 8.32. The lowest BCUT2D eigenvalue weighted by Crippen LogP contribution is -2.37. The van der Waals surface area contributed by atoms with Crippen molar-refractivity contribution in [3.63, 3.8) is 0 Å². The largest absolute Gasteiger partial charge is 0.399 e. The molecule has 2 aromatic rings. The van der Waals surface area contributed by atoms with Gasteiger partial charge in [-0.05, 0) is 11.1 Å². The van der Waals surface area contributed by atoms with Crippen LogP contribution in [0, 0.1) is 0 Å². The molecule has 0 aliphatic heterocycles. The smallest absolute Gasteiger partial charge is 0.166 e. The monoisotopic (exact) mass is 423 g/mol. The summed E-state index contributed by atoms with van der Waals surface area (Å²) < 4.78 is 26.0. The Kier molecular flexibility index (Phi) is 9.31. The van der Waals surface area contributed by atoms with Crippen LogP contribution in [-0.4, -0.2) is 37.0 Å². The summed E-state index contributed by atoms with van der Waals surface area (Å²) in [6.07, 6.45) is -1.09. The molecule has 0 saturated heterocycles. The van der Waals surface area contributed by atoms with Gasteiger partial charge in [0.25, 0.3) is 0 Å². The fraction of sp³-hybridized carbons (Fsp3) is 0.350. The van der Waals surface area contributed by atoms with E-state index >= 15 is 0 Å². The van der Waals surface area contributed by atoms with Gasteiger partial charge in [0.1, 0.15) is 13.2 Å². The molecule has 2 aromatic carbocycles. The summed E-state index contributed by atoms with van der Waals surface area (Å²) in [4.78, 5) is 4.23. The van der Waals surface area contributed by atoms with Crippen molar-refractivity contribution in [1.82, 2.24) is 0 Å². The summed E-state index contributed by atoms with van der Waals surface area (Å²) in [5.41, 5.74) is 2.03. The topological polar surface area (TPSA) is 40.0 Å². The summed E-state index contributed by atoms with van der Waals surface area (Å²) in [5, 5.41) is 3.52.